The van der Waals surface area contributed by atoms with E-state index in [4.69, 9.17) is 5.11 Å². The molecule has 0 heterocycles. The van der Waals surface area contributed by atoms with Crippen LogP contribution in [0.15, 0.2) is 29.2 Å². The van der Waals surface area contributed by atoms with Crippen LogP contribution in [0.1, 0.15) is 33.3 Å². The van der Waals surface area contributed by atoms with E-state index in [9.17, 15) is 13.2 Å². The van der Waals surface area contributed by atoms with E-state index in [0.29, 0.717) is 0 Å². The van der Waals surface area contributed by atoms with Crippen molar-refractivity contribution in [2.45, 2.75) is 44.0 Å². The van der Waals surface area contributed by atoms with Crippen LogP contribution in [0.4, 0.5) is 0 Å². The summed E-state index contributed by atoms with van der Waals surface area (Å²) >= 11 is 0. The Morgan fingerprint density at radius 3 is 2.05 bits per heavy atom. The zero-order valence-corrected chi connectivity index (χ0v) is 12.3. The summed E-state index contributed by atoms with van der Waals surface area (Å²) in [5, 5.41) is 8.72. The number of carboxylic acid groups (broad SMARTS) is 1. The Kier molecular flexibility index (Phi) is 4.37. The maximum Gasteiger partial charge on any atom is 0.321 e. The van der Waals surface area contributed by atoms with Gasteiger partial charge in [-0.2, -0.15) is 4.72 Å². The summed E-state index contributed by atoms with van der Waals surface area (Å²) in [4.78, 5) is 10.7. The van der Waals surface area contributed by atoms with Gasteiger partial charge in [0, 0.05) is 0 Å². The number of hydrogen-bond acceptors (Lipinski definition) is 3. The quantitative estimate of drug-likeness (QED) is 0.882. The molecule has 0 saturated heterocycles. The zero-order chi connectivity index (χ0) is 14.8. The van der Waals surface area contributed by atoms with Crippen molar-refractivity contribution >= 4 is 16.0 Å². The molecule has 19 heavy (non-hydrogen) atoms. The minimum Gasteiger partial charge on any atom is -0.480 e. The molecule has 0 radical (unpaired) electrons. The van der Waals surface area contributed by atoms with E-state index in [1.807, 2.05) is 20.8 Å². The van der Waals surface area contributed by atoms with Crippen LogP contribution in [0.2, 0.25) is 0 Å². The molecule has 6 heteroatoms. The summed E-state index contributed by atoms with van der Waals surface area (Å²) in [5.74, 6) is -1.21. The summed E-state index contributed by atoms with van der Waals surface area (Å²) in [5.41, 5.74) is 0.946. The molecule has 0 aliphatic heterocycles. The highest BCUT2D eigenvalue weighted by Crippen LogP contribution is 2.23. The van der Waals surface area contributed by atoms with Gasteiger partial charge in [-0.1, -0.05) is 32.9 Å². The number of hydrogen-bond donors (Lipinski definition) is 2. The molecule has 5 nitrogen and oxygen atoms in total. The lowest BCUT2D eigenvalue weighted by atomic mass is 9.87. The van der Waals surface area contributed by atoms with Gasteiger partial charge in [0.25, 0.3) is 0 Å². The highest BCUT2D eigenvalue weighted by molar-refractivity contribution is 7.89. The Bertz CT molecular complexity index is 555. The van der Waals surface area contributed by atoms with Crippen molar-refractivity contribution in [1.82, 2.24) is 4.72 Å². The van der Waals surface area contributed by atoms with E-state index >= 15 is 0 Å². The molecule has 106 valence electrons. The van der Waals surface area contributed by atoms with Crippen LogP contribution in [-0.2, 0) is 20.2 Å². The van der Waals surface area contributed by atoms with Crippen LogP contribution in [0.25, 0.3) is 0 Å². The van der Waals surface area contributed by atoms with Gasteiger partial charge in [-0.3, -0.25) is 4.79 Å². The normalized spacial score (nSPS) is 14.1. The monoisotopic (exact) mass is 285 g/mol. The second kappa shape index (κ2) is 5.30. The van der Waals surface area contributed by atoms with Gasteiger partial charge < -0.3 is 5.11 Å². The van der Waals surface area contributed by atoms with E-state index in [1.165, 1.54) is 19.1 Å². The van der Waals surface area contributed by atoms with E-state index < -0.39 is 22.0 Å². The molecular formula is C13H19NO4S. The molecule has 0 saturated carbocycles. The summed E-state index contributed by atoms with van der Waals surface area (Å²) in [6, 6.07) is 5.28. The van der Waals surface area contributed by atoms with Crippen LogP contribution in [-0.4, -0.2) is 25.5 Å². The summed E-state index contributed by atoms with van der Waals surface area (Å²) in [6.45, 7) is 7.37. The SMILES string of the molecule is CC(NS(=O)(=O)c1ccc(C(C)(C)C)cc1)C(=O)O. The Morgan fingerprint density at radius 1 is 1.21 bits per heavy atom. The van der Waals surface area contributed by atoms with Crippen molar-refractivity contribution in [3.63, 3.8) is 0 Å². The first-order valence-corrected chi connectivity index (χ1v) is 7.38. The molecule has 1 rings (SSSR count). The van der Waals surface area contributed by atoms with Crippen molar-refractivity contribution in [3.05, 3.63) is 29.8 Å². The first-order chi connectivity index (χ1) is 8.54. The second-order valence-electron chi connectivity index (χ2n) is 5.46. The predicted octanol–water partition coefficient (Wildman–Crippen LogP) is 1.74. The fourth-order valence-corrected chi connectivity index (χ4v) is 2.68. The average Bonchev–Trinajstić information content (AvgIpc) is 2.27. The molecule has 0 spiro atoms. The first-order valence-electron chi connectivity index (χ1n) is 5.90. The number of carboxylic acids is 1. The number of carbonyl (C=O) groups is 1. The highest BCUT2D eigenvalue weighted by Gasteiger charge is 2.22. The van der Waals surface area contributed by atoms with Crippen LogP contribution in [0.5, 0.6) is 0 Å². The summed E-state index contributed by atoms with van der Waals surface area (Å²) in [7, 11) is -3.80. The number of benzene rings is 1. The molecule has 0 fully saturated rings. The lowest BCUT2D eigenvalue weighted by molar-refractivity contribution is -0.138. The van der Waals surface area contributed by atoms with Gasteiger partial charge >= 0.3 is 5.97 Å². The topological polar surface area (TPSA) is 83.5 Å². The molecule has 1 aromatic carbocycles. The van der Waals surface area contributed by atoms with E-state index in [-0.39, 0.29) is 10.3 Å². The first kappa shape index (κ1) is 15.7. The standard InChI is InChI=1S/C13H19NO4S/c1-9(12(15)16)14-19(17,18)11-7-5-10(6-8-11)13(2,3)4/h5-9,14H,1-4H3,(H,15,16). The van der Waals surface area contributed by atoms with Crippen molar-refractivity contribution in [3.8, 4) is 0 Å². The smallest absolute Gasteiger partial charge is 0.321 e. The van der Waals surface area contributed by atoms with E-state index in [2.05, 4.69) is 4.72 Å². The van der Waals surface area contributed by atoms with Gasteiger partial charge in [-0.25, -0.2) is 8.42 Å². The molecule has 0 amide bonds. The molecular weight excluding hydrogens is 266 g/mol. The minimum atomic E-state index is -3.80. The zero-order valence-electron chi connectivity index (χ0n) is 11.5. The maximum absolute atomic E-state index is 11.9. The lowest BCUT2D eigenvalue weighted by Crippen LogP contribution is -2.38. The Labute approximate surface area is 113 Å². The molecule has 1 unspecified atom stereocenters. The molecule has 2 N–H and O–H groups in total. The van der Waals surface area contributed by atoms with Crippen LogP contribution >= 0.6 is 0 Å². The summed E-state index contributed by atoms with van der Waals surface area (Å²) in [6.07, 6.45) is 0. The van der Waals surface area contributed by atoms with Crippen molar-refractivity contribution in [1.29, 1.82) is 0 Å². The molecule has 1 aromatic rings. The number of sulfonamides is 1. The molecule has 1 atom stereocenters. The third-order valence-electron chi connectivity index (χ3n) is 2.73. The van der Waals surface area contributed by atoms with Gasteiger partial charge in [0.05, 0.1) is 4.90 Å². The maximum atomic E-state index is 11.9. The van der Waals surface area contributed by atoms with Gasteiger partial charge in [-0.05, 0) is 30.0 Å². The van der Waals surface area contributed by atoms with Crippen LogP contribution in [0, 0.1) is 0 Å². The van der Waals surface area contributed by atoms with Crippen molar-refractivity contribution < 1.29 is 18.3 Å². The third-order valence-corrected chi connectivity index (χ3v) is 4.29. The van der Waals surface area contributed by atoms with Gasteiger partial charge in [0.2, 0.25) is 10.0 Å². The van der Waals surface area contributed by atoms with E-state index in [1.54, 1.807) is 12.1 Å². The second-order valence-corrected chi connectivity index (χ2v) is 7.17. The fraction of sp³-hybridized carbons (Fsp3) is 0.462. The number of rotatable bonds is 4. The predicted molar refractivity (Wildman–Crippen MR) is 72.6 cm³/mol. The number of aliphatic carboxylic acids is 1. The lowest BCUT2D eigenvalue weighted by Gasteiger charge is -2.19. The van der Waals surface area contributed by atoms with E-state index in [0.717, 1.165) is 5.56 Å². The Morgan fingerprint density at radius 2 is 1.68 bits per heavy atom. The molecule has 0 bridgehead atoms. The third kappa shape index (κ3) is 4.04. The average molecular weight is 285 g/mol. The van der Waals surface area contributed by atoms with Crippen LogP contribution < -0.4 is 4.72 Å². The minimum absolute atomic E-state index is 0.0635. The van der Waals surface area contributed by atoms with Crippen molar-refractivity contribution in [2.75, 3.05) is 0 Å². The number of nitrogens with one attached hydrogen (secondary N) is 1. The van der Waals surface area contributed by atoms with Gasteiger partial charge in [0.1, 0.15) is 6.04 Å². The van der Waals surface area contributed by atoms with Crippen molar-refractivity contribution in [2.24, 2.45) is 0 Å². The Hall–Kier alpha value is -1.40. The van der Waals surface area contributed by atoms with Gasteiger partial charge in [0.15, 0.2) is 0 Å². The fourth-order valence-electron chi connectivity index (χ4n) is 1.49. The van der Waals surface area contributed by atoms with Crippen LogP contribution in [0.3, 0.4) is 0 Å². The van der Waals surface area contributed by atoms with Gasteiger partial charge in [-0.15, -0.1) is 0 Å². The molecule has 0 aromatic heterocycles. The molecule has 0 aliphatic rings. The summed E-state index contributed by atoms with van der Waals surface area (Å²) < 4.78 is 26.0. The highest BCUT2D eigenvalue weighted by atomic mass is 32.2. The Balaban J connectivity index is 3.01. The molecule has 0 aliphatic carbocycles. The largest absolute Gasteiger partial charge is 0.480 e.